The van der Waals surface area contributed by atoms with Crippen LogP contribution in [-0.4, -0.2) is 25.6 Å². The quantitative estimate of drug-likeness (QED) is 0.370. The fourth-order valence-electron chi connectivity index (χ4n) is 2.56. The molecule has 0 saturated carbocycles. The molecule has 2 aromatic carbocycles. The predicted octanol–water partition coefficient (Wildman–Crippen LogP) is 5.01. The molecule has 0 fully saturated rings. The number of esters is 1. The lowest BCUT2D eigenvalue weighted by molar-refractivity contribution is -0.129. The van der Waals surface area contributed by atoms with E-state index in [-0.39, 0.29) is 17.4 Å². The van der Waals surface area contributed by atoms with Gasteiger partial charge in [0, 0.05) is 5.56 Å². The number of unbranched alkanes of at least 4 members (excludes halogenated alkanes) is 1. The van der Waals surface area contributed by atoms with Crippen LogP contribution >= 0.6 is 11.6 Å². The summed E-state index contributed by atoms with van der Waals surface area (Å²) in [5.41, 5.74) is 1.23. The minimum atomic E-state index is -0.599. The molecule has 146 valence electrons. The molecule has 0 radical (unpaired) electrons. The zero-order valence-electron chi connectivity index (χ0n) is 15.5. The van der Waals surface area contributed by atoms with Crippen molar-refractivity contribution in [1.29, 1.82) is 0 Å². The Morgan fingerprint density at radius 1 is 1.25 bits per heavy atom. The second-order valence-electron chi connectivity index (χ2n) is 6.08. The Morgan fingerprint density at radius 3 is 2.68 bits per heavy atom. The molecule has 0 aliphatic carbocycles. The first-order valence-electron chi connectivity index (χ1n) is 8.80. The first-order valence-corrected chi connectivity index (χ1v) is 9.18. The van der Waals surface area contributed by atoms with Crippen LogP contribution in [0.2, 0.25) is 5.02 Å². The van der Waals surface area contributed by atoms with Crippen molar-refractivity contribution < 1.29 is 23.4 Å². The molecule has 7 heteroatoms. The summed E-state index contributed by atoms with van der Waals surface area (Å²) in [6, 6.07) is 8.90. The lowest BCUT2D eigenvalue weighted by Gasteiger charge is -2.13. The van der Waals surface area contributed by atoms with Crippen LogP contribution in [0.1, 0.15) is 30.9 Å². The number of nitrogens with zero attached hydrogens (tertiary/aromatic N) is 1. The Bertz CT molecular complexity index is 938. The standard InChI is InChI=1S/C21H19ClFNO4/c1-3-4-9-27-19-16(22)10-13(12-18(19)26-2)11-17-21(25)28-20(24-17)14-5-7-15(23)8-6-14/h5-8,10-12H,3-4,9H2,1-2H3/b17-11-. The number of ether oxygens (including phenoxy) is 3. The summed E-state index contributed by atoms with van der Waals surface area (Å²) >= 11 is 6.33. The van der Waals surface area contributed by atoms with Gasteiger partial charge < -0.3 is 14.2 Å². The number of cyclic esters (lactones) is 1. The van der Waals surface area contributed by atoms with Crippen molar-refractivity contribution >= 4 is 29.5 Å². The third kappa shape index (κ3) is 4.51. The van der Waals surface area contributed by atoms with Crippen LogP contribution < -0.4 is 9.47 Å². The topological polar surface area (TPSA) is 57.1 Å². The van der Waals surface area contributed by atoms with E-state index in [1.54, 1.807) is 18.2 Å². The maximum absolute atomic E-state index is 13.1. The van der Waals surface area contributed by atoms with Gasteiger partial charge in [-0.1, -0.05) is 24.9 Å². The SMILES string of the molecule is CCCCOc1c(Cl)cc(/C=C2\N=C(c3ccc(F)cc3)OC2=O)cc1OC. The van der Waals surface area contributed by atoms with E-state index < -0.39 is 5.97 Å². The second-order valence-corrected chi connectivity index (χ2v) is 6.49. The maximum atomic E-state index is 13.1. The van der Waals surface area contributed by atoms with E-state index in [1.165, 1.54) is 31.4 Å². The van der Waals surface area contributed by atoms with Crippen molar-refractivity contribution in [1.82, 2.24) is 0 Å². The molecule has 0 saturated heterocycles. The summed E-state index contributed by atoms with van der Waals surface area (Å²) in [5, 5.41) is 0.372. The Morgan fingerprint density at radius 2 is 2.00 bits per heavy atom. The zero-order chi connectivity index (χ0) is 20.1. The molecule has 3 rings (SSSR count). The first kappa shape index (κ1) is 19.9. The number of rotatable bonds is 7. The Hall–Kier alpha value is -2.86. The summed E-state index contributed by atoms with van der Waals surface area (Å²) in [4.78, 5) is 16.3. The third-order valence-corrected chi connectivity index (χ3v) is 4.29. The van der Waals surface area contributed by atoms with Gasteiger partial charge in [0.05, 0.1) is 18.7 Å². The number of halogens is 2. The molecule has 5 nitrogen and oxygen atoms in total. The van der Waals surface area contributed by atoms with Crippen LogP contribution in [-0.2, 0) is 9.53 Å². The van der Waals surface area contributed by atoms with Gasteiger partial charge in [0.2, 0.25) is 5.90 Å². The van der Waals surface area contributed by atoms with E-state index in [0.717, 1.165) is 12.8 Å². The molecule has 0 bridgehead atoms. The van der Waals surface area contributed by atoms with Crippen molar-refractivity contribution in [3.05, 3.63) is 64.1 Å². The largest absolute Gasteiger partial charge is 0.493 e. The molecule has 0 N–H and O–H groups in total. The van der Waals surface area contributed by atoms with Crippen LogP contribution in [0.3, 0.4) is 0 Å². The highest BCUT2D eigenvalue weighted by atomic mass is 35.5. The second kappa shape index (κ2) is 8.89. The molecule has 1 aliphatic rings. The van der Waals surface area contributed by atoms with Crippen LogP contribution in [0.4, 0.5) is 4.39 Å². The van der Waals surface area contributed by atoms with Crippen LogP contribution in [0, 0.1) is 5.82 Å². The van der Waals surface area contributed by atoms with Crippen LogP contribution in [0.5, 0.6) is 11.5 Å². The van der Waals surface area contributed by atoms with Gasteiger partial charge in [-0.05, 0) is 54.5 Å². The molecule has 0 unspecified atom stereocenters. The molecule has 0 atom stereocenters. The van der Waals surface area contributed by atoms with Crippen LogP contribution in [0.25, 0.3) is 6.08 Å². The van der Waals surface area contributed by atoms with E-state index in [4.69, 9.17) is 25.8 Å². The van der Waals surface area contributed by atoms with Gasteiger partial charge in [-0.25, -0.2) is 14.2 Å². The molecular weight excluding hydrogens is 385 g/mol. The first-order chi connectivity index (χ1) is 13.5. The third-order valence-electron chi connectivity index (χ3n) is 4.01. The summed E-state index contributed by atoms with van der Waals surface area (Å²) in [7, 11) is 1.52. The molecular formula is C21H19ClFNO4. The van der Waals surface area contributed by atoms with Gasteiger partial charge in [-0.3, -0.25) is 0 Å². The number of benzene rings is 2. The molecule has 2 aromatic rings. The summed E-state index contributed by atoms with van der Waals surface area (Å²) in [6.07, 6.45) is 3.45. The number of carbonyl (C=O) groups excluding carboxylic acids is 1. The summed E-state index contributed by atoms with van der Waals surface area (Å²) in [5.74, 6) is 0.0627. The van der Waals surface area contributed by atoms with E-state index in [9.17, 15) is 9.18 Å². The normalized spacial score (nSPS) is 14.8. The molecule has 1 heterocycles. The fourth-order valence-corrected chi connectivity index (χ4v) is 2.84. The smallest absolute Gasteiger partial charge is 0.363 e. The Balaban J connectivity index is 1.88. The average Bonchev–Trinajstić information content (AvgIpc) is 3.04. The van der Waals surface area contributed by atoms with E-state index in [2.05, 4.69) is 11.9 Å². The van der Waals surface area contributed by atoms with E-state index in [1.807, 2.05) is 0 Å². The number of carbonyl (C=O) groups is 1. The zero-order valence-corrected chi connectivity index (χ0v) is 16.3. The van der Waals surface area contributed by atoms with Crippen molar-refractivity contribution in [3.8, 4) is 11.5 Å². The van der Waals surface area contributed by atoms with Gasteiger partial charge in [0.15, 0.2) is 17.2 Å². The van der Waals surface area contributed by atoms with Gasteiger partial charge >= 0.3 is 5.97 Å². The summed E-state index contributed by atoms with van der Waals surface area (Å²) in [6.45, 7) is 2.60. The maximum Gasteiger partial charge on any atom is 0.363 e. The number of methoxy groups -OCH3 is 1. The average molecular weight is 404 g/mol. The van der Waals surface area contributed by atoms with Gasteiger partial charge in [0.25, 0.3) is 0 Å². The van der Waals surface area contributed by atoms with Crippen molar-refractivity contribution in [2.45, 2.75) is 19.8 Å². The Labute approximate surface area is 167 Å². The minimum Gasteiger partial charge on any atom is -0.493 e. The molecule has 1 aliphatic heterocycles. The Kier molecular flexibility index (Phi) is 6.31. The molecule has 0 aromatic heterocycles. The van der Waals surface area contributed by atoms with Crippen molar-refractivity contribution in [2.24, 2.45) is 4.99 Å². The lowest BCUT2D eigenvalue weighted by Crippen LogP contribution is -2.05. The van der Waals surface area contributed by atoms with Crippen molar-refractivity contribution in [2.75, 3.05) is 13.7 Å². The number of hydrogen-bond donors (Lipinski definition) is 0. The monoisotopic (exact) mass is 403 g/mol. The van der Waals surface area contributed by atoms with Crippen molar-refractivity contribution in [3.63, 3.8) is 0 Å². The lowest BCUT2D eigenvalue weighted by atomic mass is 10.1. The number of aliphatic imine (C=N–C) groups is 1. The van der Waals surface area contributed by atoms with Gasteiger partial charge in [-0.2, -0.15) is 0 Å². The van der Waals surface area contributed by atoms with E-state index >= 15 is 0 Å². The highest BCUT2D eigenvalue weighted by Gasteiger charge is 2.24. The fraction of sp³-hybridized carbons (Fsp3) is 0.238. The highest BCUT2D eigenvalue weighted by Crippen LogP contribution is 2.37. The van der Waals surface area contributed by atoms with Crippen LogP contribution in [0.15, 0.2) is 47.1 Å². The molecule has 28 heavy (non-hydrogen) atoms. The molecule has 0 amide bonds. The van der Waals surface area contributed by atoms with Gasteiger partial charge in [-0.15, -0.1) is 0 Å². The highest BCUT2D eigenvalue weighted by molar-refractivity contribution is 6.32. The summed E-state index contributed by atoms with van der Waals surface area (Å²) < 4.78 is 29.3. The number of hydrogen-bond acceptors (Lipinski definition) is 5. The van der Waals surface area contributed by atoms with Gasteiger partial charge in [0.1, 0.15) is 5.82 Å². The predicted molar refractivity (Wildman–Crippen MR) is 105 cm³/mol. The molecule has 0 spiro atoms. The minimum absolute atomic E-state index is 0.108. The van der Waals surface area contributed by atoms with E-state index in [0.29, 0.717) is 34.3 Å².